The lowest BCUT2D eigenvalue weighted by Gasteiger charge is -2.51. The Kier molecular flexibility index (Phi) is 11.5. The maximum absolute atomic E-state index is 12.2. The lowest BCUT2D eigenvalue weighted by atomic mass is 9.72. The van der Waals surface area contributed by atoms with Gasteiger partial charge in [0.2, 0.25) is 0 Å². The van der Waals surface area contributed by atoms with Crippen molar-refractivity contribution in [2.45, 2.75) is 125 Å². The van der Waals surface area contributed by atoms with E-state index in [2.05, 4.69) is 0 Å². The molecule has 0 aromatic rings. The molecule has 0 aromatic carbocycles. The molecule has 17 nitrogen and oxygen atoms in total. The zero-order valence-corrected chi connectivity index (χ0v) is 23.7. The summed E-state index contributed by atoms with van der Waals surface area (Å²) in [6, 6.07) is 0. The van der Waals surface area contributed by atoms with Gasteiger partial charge in [-0.15, -0.1) is 0 Å². The molecular weight excluding hydrogens is 596 g/mol. The van der Waals surface area contributed by atoms with Crippen LogP contribution in [0.5, 0.6) is 0 Å². The molecule has 17 heteroatoms. The number of aliphatic carboxylic acids is 2. The van der Waals surface area contributed by atoms with Crippen molar-refractivity contribution in [1.29, 1.82) is 0 Å². The van der Waals surface area contributed by atoms with E-state index in [-0.39, 0.29) is 38.0 Å². The standard InChI is InChI=1S/C27H40O17/c28-11-4-14(30)12-6-17(25(41-16(12)5-11)10-1-2-13(29)15(31)3-10)42-27-24(39)26(44-22(37)8-20(34)35)23(38)18(43-27)9-40-21(36)7-19(32)33/h10-18,23-31,38-39H,1-9H2,(H,32,33)(H,34,35). The highest BCUT2D eigenvalue weighted by atomic mass is 16.7. The zero-order chi connectivity index (χ0) is 32.3. The molecular formula is C27H40O17. The van der Waals surface area contributed by atoms with Crippen molar-refractivity contribution >= 4 is 23.9 Å². The van der Waals surface area contributed by atoms with Gasteiger partial charge in [0.15, 0.2) is 12.4 Å². The molecule has 4 aliphatic rings. The third-order valence-corrected chi connectivity index (χ3v) is 8.70. The van der Waals surface area contributed by atoms with Crippen LogP contribution in [0.4, 0.5) is 0 Å². The number of rotatable bonds is 10. The molecule has 2 saturated heterocycles. The van der Waals surface area contributed by atoms with E-state index in [4.69, 9.17) is 33.9 Å². The van der Waals surface area contributed by atoms with Crippen LogP contribution in [-0.2, 0) is 42.9 Å². The average molecular weight is 637 g/mol. The lowest BCUT2D eigenvalue weighted by Crippen LogP contribution is -2.63. The van der Waals surface area contributed by atoms with Crippen LogP contribution < -0.4 is 0 Å². The minimum Gasteiger partial charge on any atom is -0.481 e. The summed E-state index contributed by atoms with van der Waals surface area (Å²) in [4.78, 5) is 45.8. The molecule has 0 bridgehead atoms. The van der Waals surface area contributed by atoms with Crippen LogP contribution in [0.3, 0.4) is 0 Å². The summed E-state index contributed by atoms with van der Waals surface area (Å²) < 4.78 is 28.2. The first-order valence-electron chi connectivity index (χ1n) is 14.6. The maximum atomic E-state index is 12.2. The number of fused-ring (bicyclic) bond motifs is 1. The van der Waals surface area contributed by atoms with Crippen LogP contribution in [0, 0.1) is 11.8 Å². The number of ether oxygens (including phenoxy) is 5. The molecule has 44 heavy (non-hydrogen) atoms. The normalized spacial score (nSPS) is 42.5. The first kappa shape index (κ1) is 34.4. The Morgan fingerprint density at radius 3 is 2.07 bits per heavy atom. The fraction of sp³-hybridized carbons (Fsp3) is 0.852. The van der Waals surface area contributed by atoms with E-state index in [0.29, 0.717) is 6.42 Å². The molecule has 14 unspecified atom stereocenters. The third-order valence-electron chi connectivity index (χ3n) is 8.70. The average Bonchev–Trinajstić information content (AvgIpc) is 2.92. The van der Waals surface area contributed by atoms with Gasteiger partial charge < -0.3 is 64.5 Å². The van der Waals surface area contributed by atoms with Crippen LogP contribution in [-0.4, -0.2) is 145 Å². The maximum Gasteiger partial charge on any atom is 0.317 e. The minimum absolute atomic E-state index is 0.0936. The highest BCUT2D eigenvalue weighted by Crippen LogP contribution is 2.43. The van der Waals surface area contributed by atoms with Crippen LogP contribution in [0.2, 0.25) is 0 Å². The SMILES string of the molecule is O=C(O)CC(=O)OCC1OC(OC2CC3C(O)CC(O)CC3OC2C2CCC(O)C(O)C2)C(O)C(OC(=O)CC(=O)O)C1O. The molecule has 2 aliphatic heterocycles. The number of hydrogen-bond donors (Lipinski definition) is 8. The number of carbonyl (C=O) groups excluding carboxylic acids is 2. The molecule has 0 aromatic heterocycles. The molecule has 0 amide bonds. The highest BCUT2D eigenvalue weighted by molar-refractivity contribution is 5.90. The monoisotopic (exact) mass is 636 g/mol. The van der Waals surface area contributed by atoms with E-state index in [9.17, 15) is 49.8 Å². The first-order chi connectivity index (χ1) is 20.7. The molecule has 2 saturated carbocycles. The van der Waals surface area contributed by atoms with Crippen LogP contribution in [0.15, 0.2) is 0 Å². The second kappa shape index (κ2) is 14.7. The quantitative estimate of drug-likeness (QED) is 0.0878. The number of carbonyl (C=O) groups is 4. The summed E-state index contributed by atoms with van der Waals surface area (Å²) in [7, 11) is 0. The second-order valence-corrected chi connectivity index (χ2v) is 11.9. The van der Waals surface area contributed by atoms with Crippen LogP contribution in [0.1, 0.15) is 51.4 Å². The first-order valence-corrected chi connectivity index (χ1v) is 14.6. The van der Waals surface area contributed by atoms with Gasteiger partial charge >= 0.3 is 23.9 Å². The zero-order valence-electron chi connectivity index (χ0n) is 23.7. The van der Waals surface area contributed by atoms with Gasteiger partial charge in [0.1, 0.15) is 37.8 Å². The fourth-order valence-corrected chi connectivity index (χ4v) is 6.54. The van der Waals surface area contributed by atoms with Gasteiger partial charge in [-0.1, -0.05) is 0 Å². The van der Waals surface area contributed by atoms with E-state index in [1.54, 1.807) is 0 Å². The summed E-state index contributed by atoms with van der Waals surface area (Å²) in [6.07, 6.45) is -15.6. The van der Waals surface area contributed by atoms with Crippen molar-refractivity contribution in [3.63, 3.8) is 0 Å². The molecule has 2 aliphatic carbocycles. The molecule has 250 valence electrons. The Morgan fingerprint density at radius 2 is 1.41 bits per heavy atom. The topological polar surface area (TPSA) is 276 Å². The largest absolute Gasteiger partial charge is 0.481 e. The summed E-state index contributed by atoms with van der Waals surface area (Å²) in [5.74, 6) is -6.35. The van der Waals surface area contributed by atoms with Gasteiger partial charge in [-0.2, -0.15) is 0 Å². The van der Waals surface area contributed by atoms with Gasteiger partial charge in [-0.3, -0.25) is 19.2 Å². The predicted molar refractivity (Wildman–Crippen MR) is 138 cm³/mol. The van der Waals surface area contributed by atoms with E-state index in [0.717, 1.165) is 0 Å². The number of esters is 2. The summed E-state index contributed by atoms with van der Waals surface area (Å²) >= 11 is 0. The third kappa shape index (κ3) is 8.41. The Balaban J connectivity index is 1.57. The van der Waals surface area contributed by atoms with Crippen molar-refractivity contribution in [3.8, 4) is 0 Å². The summed E-state index contributed by atoms with van der Waals surface area (Å²) in [6.45, 7) is -0.745. The number of carboxylic acids is 2. The summed E-state index contributed by atoms with van der Waals surface area (Å²) in [5, 5.41) is 81.0. The number of aliphatic hydroxyl groups excluding tert-OH is 6. The highest BCUT2D eigenvalue weighted by Gasteiger charge is 2.53. The number of hydrogen-bond acceptors (Lipinski definition) is 15. The van der Waals surface area contributed by atoms with Crippen molar-refractivity contribution < 1.29 is 83.7 Å². The Hall–Kier alpha value is -2.48. The molecule has 14 atom stereocenters. The van der Waals surface area contributed by atoms with Gasteiger partial charge in [-0.05, 0) is 44.4 Å². The molecule has 4 fully saturated rings. The Bertz CT molecular complexity index is 1040. The van der Waals surface area contributed by atoms with Crippen molar-refractivity contribution in [3.05, 3.63) is 0 Å². The summed E-state index contributed by atoms with van der Waals surface area (Å²) in [5.41, 5.74) is 0. The van der Waals surface area contributed by atoms with E-state index < -0.39 is 123 Å². The molecule has 2 heterocycles. The predicted octanol–water partition coefficient (Wildman–Crippen LogP) is -2.97. The van der Waals surface area contributed by atoms with Crippen LogP contribution in [0.25, 0.3) is 0 Å². The molecule has 4 rings (SSSR count). The van der Waals surface area contributed by atoms with Gasteiger partial charge in [0.25, 0.3) is 0 Å². The minimum atomic E-state index is -1.90. The smallest absolute Gasteiger partial charge is 0.317 e. The van der Waals surface area contributed by atoms with Crippen molar-refractivity contribution in [2.75, 3.05) is 6.61 Å². The number of carboxylic acid groups (broad SMARTS) is 2. The van der Waals surface area contributed by atoms with E-state index in [1.165, 1.54) is 0 Å². The van der Waals surface area contributed by atoms with Gasteiger partial charge in [-0.25, -0.2) is 0 Å². The van der Waals surface area contributed by atoms with Crippen LogP contribution >= 0.6 is 0 Å². The lowest BCUT2D eigenvalue weighted by molar-refractivity contribution is -0.334. The fourth-order valence-electron chi connectivity index (χ4n) is 6.54. The molecule has 0 spiro atoms. The molecule has 0 radical (unpaired) electrons. The number of aliphatic hydroxyl groups is 6. The van der Waals surface area contributed by atoms with Gasteiger partial charge in [0.05, 0.1) is 42.7 Å². The van der Waals surface area contributed by atoms with Gasteiger partial charge in [0, 0.05) is 5.92 Å². The Labute approximate surface area is 251 Å². The van der Waals surface area contributed by atoms with E-state index in [1.807, 2.05) is 0 Å². The second-order valence-electron chi connectivity index (χ2n) is 11.9. The van der Waals surface area contributed by atoms with Crippen molar-refractivity contribution in [2.24, 2.45) is 11.8 Å². The van der Waals surface area contributed by atoms with Crippen molar-refractivity contribution in [1.82, 2.24) is 0 Å². The molecule has 8 N–H and O–H groups in total. The van der Waals surface area contributed by atoms with E-state index >= 15 is 0 Å². The Morgan fingerprint density at radius 1 is 0.727 bits per heavy atom.